The maximum Gasteiger partial charge on any atom is 0.141 e. The van der Waals surface area contributed by atoms with Crippen LogP contribution in [0.15, 0.2) is 18.2 Å². The minimum Gasteiger partial charge on any atom is -0.369 e. The maximum atomic E-state index is 13.7. The van der Waals surface area contributed by atoms with Crippen molar-refractivity contribution in [2.45, 2.75) is 6.42 Å². The number of anilines is 1. The quantitative estimate of drug-likeness (QED) is 0.842. The third kappa shape index (κ3) is 1.49. The highest BCUT2D eigenvalue weighted by Crippen LogP contribution is 2.38. The molecule has 82 valence electrons. The zero-order chi connectivity index (χ0) is 11.1. The Balaban J connectivity index is 2.15. The van der Waals surface area contributed by atoms with Crippen LogP contribution in [0.3, 0.4) is 0 Å². The highest BCUT2D eigenvalue weighted by Gasteiger charge is 2.20. The summed E-state index contributed by atoms with van der Waals surface area (Å²) in [5.41, 5.74) is 0.408. The molecule has 0 amide bonds. The Morgan fingerprint density at radius 2 is 2.31 bits per heavy atom. The number of hydrogen-bond donors (Lipinski definition) is 1. The van der Waals surface area contributed by atoms with Gasteiger partial charge in [0, 0.05) is 13.0 Å². The van der Waals surface area contributed by atoms with E-state index in [1.165, 1.54) is 22.3 Å². The predicted octanol–water partition coefficient (Wildman–Crippen LogP) is 3.57. The number of nitrogens with one attached hydrogen (secondary N) is 1. The molecule has 2 heterocycles. The summed E-state index contributed by atoms with van der Waals surface area (Å²) in [7, 11) is 0. The molecule has 1 aromatic heterocycles. The lowest BCUT2D eigenvalue weighted by Gasteiger charge is -2.01. The molecule has 5 heteroatoms. The fourth-order valence-corrected chi connectivity index (χ4v) is 3.17. The van der Waals surface area contributed by atoms with Crippen molar-refractivity contribution in [3.63, 3.8) is 0 Å². The molecule has 0 radical (unpaired) electrons. The van der Waals surface area contributed by atoms with Gasteiger partial charge in [-0.05, 0) is 12.1 Å². The Hall–Kier alpha value is -1.13. The minimum atomic E-state index is -0.320. The molecule has 0 fully saturated rings. The number of nitrogens with zero attached hydrogens (tertiary/aromatic N) is 1. The van der Waals surface area contributed by atoms with Gasteiger partial charge in [0.1, 0.15) is 16.6 Å². The molecule has 16 heavy (non-hydrogen) atoms. The first kappa shape index (κ1) is 10.1. The fourth-order valence-electron chi connectivity index (χ4n) is 1.76. The summed E-state index contributed by atoms with van der Waals surface area (Å²) in [4.78, 5) is 5.54. The first-order valence-corrected chi connectivity index (χ1v) is 6.13. The van der Waals surface area contributed by atoms with Crippen molar-refractivity contribution >= 4 is 28.8 Å². The van der Waals surface area contributed by atoms with Gasteiger partial charge >= 0.3 is 0 Å². The second kappa shape index (κ2) is 3.71. The Morgan fingerprint density at radius 3 is 3.06 bits per heavy atom. The summed E-state index contributed by atoms with van der Waals surface area (Å²) >= 11 is 7.50. The van der Waals surface area contributed by atoms with Crippen molar-refractivity contribution in [1.29, 1.82) is 0 Å². The number of hydrogen-bond acceptors (Lipinski definition) is 3. The topological polar surface area (TPSA) is 24.9 Å². The van der Waals surface area contributed by atoms with Crippen molar-refractivity contribution in [3.05, 3.63) is 33.9 Å². The SMILES string of the molecule is Fc1cccc(Cl)c1-c1nc2c(s1)CCN2. The van der Waals surface area contributed by atoms with Crippen LogP contribution in [0.25, 0.3) is 10.6 Å². The van der Waals surface area contributed by atoms with E-state index in [1.807, 2.05) is 0 Å². The largest absolute Gasteiger partial charge is 0.369 e. The van der Waals surface area contributed by atoms with E-state index >= 15 is 0 Å². The number of rotatable bonds is 1. The van der Waals surface area contributed by atoms with Gasteiger partial charge in [-0.2, -0.15) is 0 Å². The van der Waals surface area contributed by atoms with E-state index in [4.69, 9.17) is 11.6 Å². The molecule has 1 aliphatic rings. The van der Waals surface area contributed by atoms with Gasteiger partial charge in [-0.25, -0.2) is 9.37 Å². The van der Waals surface area contributed by atoms with Gasteiger partial charge < -0.3 is 5.32 Å². The van der Waals surface area contributed by atoms with Crippen LogP contribution in [0.1, 0.15) is 4.88 Å². The van der Waals surface area contributed by atoms with Crippen LogP contribution in [0.5, 0.6) is 0 Å². The zero-order valence-corrected chi connectivity index (χ0v) is 9.83. The van der Waals surface area contributed by atoms with Crippen molar-refractivity contribution in [2.24, 2.45) is 0 Å². The van der Waals surface area contributed by atoms with Crippen molar-refractivity contribution in [3.8, 4) is 10.6 Å². The van der Waals surface area contributed by atoms with Crippen molar-refractivity contribution in [1.82, 2.24) is 4.98 Å². The number of halogens is 2. The van der Waals surface area contributed by atoms with E-state index in [-0.39, 0.29) is 5.82 Å². The molecule has 2 nitrogen and oxygen atoms in total. The Morgan fingerprint density at radius 1 is 1.44 bits per heavy atom. The summed E-state index contributed by atoms with van der Waals surface area (Å²) in [6, 6.07) is 4.68. The van der Waals surface area contributed by atoms with Gasteiger partial charge in [0.25, 0.3) is 0 Å². The third-order valence-electron chi connectivity index (χ3n) is 2.52. The summed E-state index contributed by atoms with van der Waals surface area (Å²) in [5.74, 6) is 0.555. The molecule has 3 rings (SSSR count). The molecule has 0 unspecified atom stereocenters. The molecule has 1 aliphatic heterocycles. The molecule has 0 aliphatic carbocycles. The molecule has 0 spiro atoms. The van der Waals surface area contributed by atoms with E-state index in [2.05, 4.69) is 10.3 Å². The highest BCUT2D eigenvalue weighted by molar-refractivity contribution is 7.15. The molecule has 0 atom stereocenters. The van der Waals surface area contributed by atoms with Crippen LogP contribution in [0.4, 0.5) is 10.2 Å². The molecule has 1 N–H and O–H groups in total. The van der Waals surface area contributed by atoms with E-state index in [0.717, 1.165) is 18.8 Å². The summed E-state index contributed by atoms with van der Waals surface area (Å²) in [6.45, 7) is 0.916. The normalized spacial score (nSPS) is 13.6. The molecule has 0 saturated heterocycles. The van der Waals surface area contributed by atoms with E-state index in [0.29, 0.717) is 15.6 Å². The molecule has 1 aromatic carbocycles. The second-order valence-corrected chi connectivity index (χ2v) is 5.06. The lowest BCUT2D eigenvalue weighted by molar-refractivity contribution is 0.631. The third-order valence-corrected chi connectivity index (χ3v) is 3.97. The van der Waals surface area contributed by atoms with Crippen molar-refractivity contribution < 1.29 is 4.39 Å². The summed E-state index contributed by atoms with van der Waals surface area (Å²) < 4.78 is 13.7. The van der Waals surface area contributed by atoms with Crippen LogP contribution in [-0.2, 0) is 6.42 Å². The van der Waals surface area contributed by atoms with Crippen LogP contribution >= 0.6 is 22.9 Å². The lowest BCUT2D eigenvalue weighted by atomic mass is 10.2. The smallest absolute Gasteiger partial charge is 0.141 e. The Kier molecular flexibility index (Phi) is 2.33. The molecular weight excluding hydrogens is 247 g/mol. The van der Waals surface area contributed by atoms with E-state index < -0.39 is 0 Å². The average molecular weight is 255 g/mol. The molecule has 0 bridgehead atoms. The van der Waals surface area contributed by atoms with Crippen molar-refractivity contribution in [2.75, 3.05) is 11.9 Å². The first-order chi connectivity index (χ1) is 7.75. The van der Waals surface area contributed by atoms with Gasteiger partial charge in [-0.15, -0.1) is 11.3 Å². The number of thiazole rings is 1. The highest BCUT2D eigenvalue weighted by atomic mass is 35.5. The van der Waals surface area contributed by atoms with Gasteiger partial charge in [-0.1, -0.05) is 17.7 Å². The van der Waals surface area contributed by atoms with Crippen LogP contribution < -0.4 is 5.32 Å². The first-order valence-electron chi connectivity index (χ1n) is 4.93. The number of aromatic nitrogens is 1. The van der Waals surface area contributed by atoms with E-state index in [1.54, 1.807) is 12.1 Å². The van der Waals surface area contributed by atoms with E-state index in [9.17, 15) is 4.39 Å². The predicted molar refractivity (Wildman–Crippen MR) is 64.7 cm³/mol. The van der Waals surface area contributed by atoms with Gasteiger partial charge in [0.2, 0.25) is 0 Å². The average Bonchev–Trinajstić information content (AvgIpc) is 2.77. The minimum absolute atomic E-state index is 0.320. The van der Waals surface area contributed by atoms with Gasteiger partial charge in [0.15, 0.2) is 0 Å². The zero-order valence-electron chi connectivity index (χ0n) is 8.26. The maximum absolute atomic E-state index is 13.7. The Labute approximate surface area is 101 Å². The van der Waals surface area contributed by atoms with Crippen LogP contribution in [0.2, 0.25) is 5.02 Å². The fraction of sp³-hybridized carbons (Fsp3) is 0.182. The van der Waals surface area contributed by atoms with Crippen LogP contribution in [0, 0.1) is 5.82 Å². The summed E-state index contributed by atoms with van der Waals surface area (Å²) in [5, 5.41) is 4.23. The standard InChI is InChI=1S/C11H8ClFN2S/c12-6-2-1-3-7(13)9(6)11-15-10-8(16-11)4-5-14-10/h1-3,14H,4-5H2. The number of benzene rings is 1. The molecule has 2 aromatic rings. The van der Waals surface area contributed by atoms with Crippen LogP contribution in [-0.4, -0.2) is 11.5 Å². The van der Waals surface area contributed by atoms with Gasteiger partial charge in [-0.3, -0.25) is 0 Å². The monoisotopic (exact) mass is 254 g/mol. The van der Waals surface area contributed by atoms with Gasteiger partial charge in [0.05, 0.1) is 15.5 Å². The molecular formula is C11H8ClFN2S. The summed E-state index contributed by atoms with van der Waals surface area (Å²) in [6.07, 6.45) is 0.957. The number of fused-ring (bicyclic) bond motifs is 1. The lowest BCUT2D eigenvalue weighted by Crippen LogP contribution is -1.94. The second-order valence-electron chi connectivity index (χ2n) is 3.56. The molecule has 0 saturated carbocycles. The Bertz CT molecular complexity index is 511.